The van der Waals surface area contributed by atoms with Gasteiger partial charge in [-0.05, 0) is 67.0 Å². The Hall–Kier alpha value is -1.89. The maximum Gasteiger partial charge on any atom is 0.167 e. The summed E-state index contributed by atoms with van der Waals surface area (Å²) in [6.45, 7) is 4.13. The van der Waals surface area contributed by atoms with Crippen molar-refractivity contribution in [3.05, 3.63) is 69.8 Å². The molecule has 1 nitrogen and oxygen atoms in total. The number of aryl methyl sites for hydroxylation is 4. The molecule has 1 heteroatoms. The van der Waals surface area contributed by atoms with E-state index in [1.54, 1.807) is 0 Å². The minimum Gasteiger partial charge on any atom is -0.294 e. The molecular formula is C19H20O. The molecule has 0 saturated carbocycles. The normalized spacial score (nSPS) is 13.3. The van der Waals surface area contributed by atoms with Gasteiger partial charge in [0, 0.05) is 12.0 Å². The highest BCUT2D eigenvalue weighted by atomic mass is 16.1. The van der Waals surface area contributed by atoms with Crippen molar-refractivity contribution in [3.8, 4) is 0 Å². The van der Waals surface area contributed by atoms with Crippen LogP contribution in [-0.2, 0) is 19.3 Å². The highest BCUT2D eigenvalue weighted by molar-refractivity contribution is 5.97. The quantitative estimate of drug-likeness (QED) is 0.759. The van der Waals surface area contributed by atoms with E-state index in [1.807, 2.05) is 18.2 Å². The molecule has 0 amide bonds. The van der Waals surface area contributed by atoms with Gasteiger partial charge in [0.05, 0.1) is 0 Å². The molecule has 3 rings (SSSR count). The van der Waals surface area contributed by atoms with Crippen LogP contribution >= 0.6 is 0 Å². The Kier molecular flexibility index (Phi) is 3.43. The second kappa shape index (κ2) is 5.24. The molecule has 0 N–H and O–H groups in total. The zero-order valence-corrected chi connectivity index (χ0v) is 12.2. The van der Waals surface area contributed by atoms with Crippen molar-refractivity contribution >= 4 is 5.78 Å². The molecule has 102 valence electrons. The number of rotatable bonds is 3. The topological polar surface area (TPSA) is 17.1 Å². The standard InChI is InChI=1S/C19H20O/c1-13-6-8-18(10-14(13)2)19(20)12-15-7-9-16-4-3-5-17(16)11-15/h6-11H,3-5,12H2,1-2H3. The number of ketones is 1. The van der Waals surface area contributed by atoms with E-state index in [0.717, 1.165) is 11.1 Å². The Balaban J connectivity index is 1.80. The number of Topliss-reactive ketones (excluding diaryl/α,β-unsaturated/α-hetero) is 1. The Morgan fingerprint density at radius 2 is 1.75 bits per heavy atom. The summed E-state index contributed by atoms with van der Waals surface area (Å²) in [5.74, 6) is 0.214. The van der Waals surface area contributed by atoms with Gasteiger partial charge < -0.3 is 0 Å². The average molecular weight is 264 g/mol. The first kappa shape index (κ1) is 13.1. The van der Waals surface area contributed by atoms with Crippen LogP contribution in [0, 0.1) is 13.8 Å². The Morgan fingerprint density at radius 3 is 2.55 bits per heavy atom. The summed E-state index contributed by atoms with van der Waals surface area (Å²) in [5.41, 5.74) is 7.30. The van der Waals surface area contributed by atoms with Gasteiger partial charge in [-0.1, -0.05) is 30.3 Å². The molecule has 0 saturated heterocycles. The SMILES string of the molecule is Cc1ccc(C(=O)Cc2ccc3c(c2)CCC3)cc1C. The van der Waals surface area contributed by atoms with E-state index in [0.29, 0.717) is 6.42 Å². The summed E-state index contributed by atoms with van der Waals surface area (Å²) in [6, 6.07) is 12.5. The largest absolute Gasteiger partial charge is 0.294 e. The van der Waals surface area contributed by atoms with Gasteiger partial charge in [-0.3, -0.25) is 4.79 Å². The lowest BCUT2D eigenvalue weighted by molar-refractivity contribution is 0.0993. The van der Waals surface area contributed by atoms with Crippen LogP contribution in [0.3, 0.4) is 0 Å². The van der Waals surface area contributed by atoms with Crippen LogP contribution in [0.5, 0.6) is 0 Å². The molecule has 20 heavy (non-hydrogen) atoms. The fourth-order valence-electron chi connectivity index (χ4n) is 2.94. The lowest BCUT2D eigenvalue weighted by atomic mass is 9.97. The summed E-state index contributed by atoms with van der Waals surface area (Å²) < 4.78 is 0. The van der Waals surface area contributed by atoms with E-state index in [-0.39, 0.29) is 5.78 Å². The predicted molar refractivity (Wildman–Crippen MR) is 82.4 cm³/mol. The van der Waals surface area contributed by atoms with Gasteiger partial charge in [-0.15, -0.1) is 0 Å². The van der Waals surface area contributed by atoms with Crippen molar-refractivity contribution in [1.82, 2.24) is 0 Å². The Bertz CT molecular complexity index is 667. The third-order valence-electron chi connectivity index (χ3n) is 4.36. The van der Waals surface area contributed by atoms with Crippen molar-refractivity contribution in [1.29, 1.82) is 0 Å². The molecule has 0 fully saturated rings. The van der Waals surface area contributed by atoms with Crippen LogP contribution in [-0.4, -0.2) is 5.78 Å². The molecule has 0 bridgehead atoms. The average Bonchev–Trinajstić information content (AvgIpc) is 2.89. The number of fused-ring (bicyclic) bond motifs is 1. The first-order chi connectivity index (χ1) is 9.63. The first-order valence-electron chi connectivity index (χ1n) is 7.34. The van der Waals surface area contributed by atoms with Gasteiger partial charge >= 0.3 is 0 Å². The summed E-state index contributed by atoms with van der Waals surface area (Å²) in [6.07, 6.45) is 4.13. The molecule has 0 atom stereocenters. The number of benzene rings is 2. The van der Waals surface area contributed by atoms with E-state index in [2.05, 4.69) is 32.0 Å². The summed E-state index contributed by atoms with van der Waals surface area (Å²) in [7, 11) is 0. The second-order valence-electron chi connectivity index (χ2n) is 5.86. The Morgan fingerprint density at radius 1 is 0.950 bits per heavy atom. The molecule has 0 unspecified atom stereocenters. The third-order valence-corrected chi connectivity index (χ3v) is 4.36. The van der Waals surface area contributed by atoms with Gasteiger partial charge in [0.15, 0.2) is 5.78 Å². The zero-order valence-electron chi connectivity index (χ0n) is 12.2. The molecule has 0 aliphatic heterocycles. The highest BCUT2D eigenvalue weighted by Crippen LogP contribution is 2.23. The van der Waals surface area contributed by atoms with Crippen LogP contribution in [0.1, 0.15) is 44.6 Å². The van der Waals surface area contributed by atoms with Gasteiger partial charge in [-0.25, -0.2) is 0 Å². The van der Waals surface area contributed by atoms with Crippen LogP contribution in [0.25, 0.3) is 0 Å². The van der Waals surface area contributed by atoms with Crippen LogP contribution < -0.4 is 0 Å². The number of hydrogen-bond acceptors (Lipinski definition) is 1. The second-order valence-corrected chi connectivity index (χ2v) is 5.86. The van der Waals surface area contributed by atoms with Crippen molar-refractivity contribution < 1.29 is 4.79 Å². The third kappa shape index (κ3) is 2.53. The molecule has 2 aromatic carbocycles. The van der Waals surface area contributed by atoms with Crippen molar-refractivity contribution in [2.75, 3.05) is 0 Å². The van der Waals surface area contributed by atoms with E-state index in [9.17, 15) is 4.79 Å². The molecule has 1 aliphatic rings. The lowest BCUT2D eigenvalue weighted by Crippen LogP contribution is -2.04. The van der Waals surface area contributed by atoms with Crippen molar-refractivity contribution in [2.45, 2.75) is 39.5 Å². The van der Waals surface area contributed by atoms with E-state index >= 15 is 0 Å². The van der Waals surface area contributed by atoms with Crippen LogP contribution in [0.15, 0.2) is 36.4 Å². The molecule has 0 heterocycles. The maximum atomic E-state index is 12.4. The lowest BCUT2D eigenvalue weighted by Gasteiger charge is -2.07. The van der Waals surface area contributed by atoms with Gasteiger partial charge in [0.1, 0.15) is 0 Å². The molecule has 0 aromatic heterocycles. The predicted octanol–water partition coefficient (Wildman–Crippen LogP) is 4.22. The number of carbonyl (C=O) groups excluding carboxylic acids is 1. The van der Waals surface area contributed by atoms with E-state index in [1.165, 1.54) is 41.5 Å². The van der Waals surface area contributed by atoms with E-state index in [4.69, 9.17) is 0 Å². The van der Waals surface area contributed by atoms with Crippen LogP contribution in [0.4, 0.5) is 0 Å². The zero-order chi connectivity index (χ0) is 14.1. The minimum atomic E-state index is 0.214. The number of hydrogen-bond donors (Lipinski definition) is 0. The summed E-state index contributed by atoms with van der Waals surface area (Å²) in [5, 5.41) is 0. The van der Waals surface area contributed by atoms with Gasteiger partial charge in [0.2, 0.25) is 0 Å². The first-order valence-corrected chi connectivity index (χ1v) is 7.34. The smallest absolute Gasteiger partial charge is 0.167 e. The number of carbonyl (C=O) groups is 1. The summed E-state index contributed by atoms with van der Waals surface area (Å²) in [4.78, 5) is 12.4. The Labute approximate surface area is 120 Å². The van der Waals surface area contributed by atoms with Crippen molar-refractivity contribution in [3.63, 3.8) is 0 Å². The monoisotopic (exact) mass is 264 g/mol. The van der Waals surface area contributed by atoms with Crippen molar-refractivity contribution in [2.24, 2.45) is 0 Å². The fraction of sp³-hybridized carbons (Fsp3) is 0.316. The minimum absolute atomic E-state index is 0.214. The summed E-state index contributed by atoms with van der Waals surface area (Å²) >= 11 is 0. The van der Waals surface area contributed by atoms with Crippen LogP contribution in [0.2, 0.25) is 0 Å². The highest BCUT2D eigenvalue weighted by Gasteiger charge is 2.13. The fourth-order valence-corrected chi connectivity index (χ4v) is 2.94. The molecule has 0 spiro atoms. The van der Waals surface area contributed by atoms with E-state index < -0.39 is 0 Å². The maximum absolute atomic E-state index is 12.4. The van der Waals surface area contributed by atoms with Gasteiger partial charge in [0.25, 0.3) is 0 Å². The molecular weight excluding hydrogens is 244 g/mol. The molecule has 1 aliphatic carbocycles. The van der Waals surface area contributed by atoms with Gasteiger partial charge in [-0.2, -0.15) is 0 Å². The molecule has 0 radical (unpaired) electrons. The molecule has 2 aromatic rings.